The lowest BCUT2D eigenvalue weighted by Gasteiger charge is -2.21. The fourth-order valence-electron chi connectivity index (χ4n) is 9.43. The summed E-state index contributed by atoms with van der Waals surface area (Å²) in [4.78, 5) is 72.9. The summed E-state index contributed by atoms with van der Waals surface area (Å²) >= 11 is 0. The fourth-order valence-corrected chi connectivity index (χ4v) is 11.0. The predicted octanol–water partition coefficient (Wildman–Crippen LogP) is 23.1. The maximum Gasteiger partial charge on any atom is 0.472 e. The second kappa shape index (κ2) is 76.8. The van der Waals surface area contributed by atoms with Crippen LogP contribution in [0.3, 0.4) is 0 Å². The van der Waals surface area contributed by atoms with Crippen molar-refractivity contribution in [2.24, 2.45) is 0 Å². The summed E-state index contributed by atoms with van der Waals surface area (Å²) in [5.41, 5.74) is 0. The number of phosphoric acid groups is 2. The van der Waals surface area contributed by atoms with Gasteiger partial charge in [-0.1, -0.05) is 286 Å². The average Bonchev–Trinajstić information content (AvgIpc) is 0.902. The van der Waals surface area contributed by atoms with Crippen LogP contribution in [0, 0.1) is 0 Å². The van der Waals surface area contributed by atoms with E-state index in [2.05, 4.69) is 186 Å². The Labute approximate surface area is 639 Å². The Kier molecular flexibility index (Phi) is 72.2. The largest absolute Gasteiger partial charge is 0.472 e. The van der Waals surface area contributed by atoms with E-state index < -0.39 is 97.5 Å². The van der Waals surface area contributed by atoms with Crippen molar-refractivity contribution in [3.8, 4) is 0 Å². The molecule has 5 unspecified atom stereocenters. The molecule has 596 valence electrons. The zero-order chi connectivity index (χ0) is 77.4. The molecule has 0 bridgehead atoms. The van der Waals surface area contributed by atoms with Gasteiger partial charge >= 0.3 is 39.5 Å². The van der Waals surface area contributed by atoms with Crippen molar-refractivity contribution < 1.29 is 80.2 Å². The third kappa shape index (κ3) is 75.9. The molecule has 3 N–H and O–H groups in total. The first-order valence-corrected chi connectivity index (χ1v) is 42.3. The maximum atomic E-state index is 13.1. The van der Waals surface area contributed by atoms with Gasteiger partial charge in [-0.3, -0.25) is 37.3 Å². The van der Waals surface area contributed by atoms with Gasteiger partial charge in [-0.15, -0.1) is 0 Å². The van der Waals surface area contributed by atoms with Crippen LogP contribution in [-0.2, 0) is 65.4 Å². The van der Waals surface area contributed by atoms with Crippen molar-refractivity contribution >= 4 is 39.5 Å². The molecular weight excluding hydrogens is 1380 g/mol. The number of carbonyl (C=O) groups is 4. The molecule has 0 radical (unpaired) electrons. The van der Waals surface area contributed by atoms with Crippen LogP contribution < -0.4 is 0 Å². The lowest BCUT2D eigenvalue weighted by Crippen LogP contribution is -2.30. The molecule has 0 aliphatic carbocycles. The number of carbonyl (C=O) groups excluding carboxylic acids is 4. The van der Waals surface area contributed by atoms with Crippen LogP contribution in [0.2, 0.25) is 0 Å². The van der Waals surface area contributed by atoms with Gasteiger partial charge < -0.3 is 33.8 Å². The van der Waals surface area contributed by atoms with Crippen molar-refractivity contribution in [3.63, 3.8) is 0 Å². The van der Waals surface area contributed by atoms with Crippen molar-refractivity contribution in [1.29, 1.82) is 0 Å². The van der Waals surface area contributed by atoms with Crippen LogP contribution in [-0.4, -0.2) is 96.7 Å². The number of aliphatic hydroxyl groups excluding tert-OH is 1. The number of hydrogen-bond acceptors (Lipinski definition) is 15. The number of unbranched alkanes of at least 4 members (excludes halogenated alkanes) is 13. The molecule has 0 amide bonds. The molecule has 0 aromatic heterocycles. The number of hydrogen-bond donors (Lipinski definition) is 3. The van der Waals surface area contributed by atoms with E-state index >= 15 is 0 Å². The SMILES string of the molecule is CC/C=C\C/C=C\C/C=C\C/C=C\C/C=C\CC(=O)OC(COC(=O)CCCCCC/C=C\C/C=C\C/C=C\C/C=C\CC)COP(=O)(O)OCC(O)COP(=O)(O)OCC(COC(=O)CCCCCCCC/C=C\C/C=C\C/C=C\CCCCC)OC(=O)C/C=C\C/C=C\C/C=C\C/C=C\C/C=C\CC. The lowest BCUT2D eigenvalue weighted by molar-refractivity contribution is -0.160. The van der Waals surface area contributed by atoms with Gasteiger partial charge in [0.25, 0.3) is 0 Å². The molecule has 17 nitrogen and oxygen atoms in total. The van der Waals surface area contributed by atoms with Crippen LogP contribution in [0.15, 0.2) is 207 Å². The highest BCUT2D eigenvalue weighted by atomic mass is 31.2. The van der Waals surface area contributed by atoms with E-state index in [1.165, 1.54) is 19.3 Å². The van der Waals surface area contributed by atoms with E-state index in [1.807, 2.05) is 24.3 Å². The molecular formula is C87H136O17P2. The standard InChI is InChI=1S/C87H136O17P2/c1-5-9-13-17-21-25-29-33-37-39-40-42-46-48-52-56-60-64-68-72-85(90)98-78-83(104-87(92)74-70-66-62-58-54-50-44-36-32-28-24-20-16-12-8-4)80-102-106(95,96)100-76-81(88)75-99-105(93,94)101-79-82(103-86(91)73-69-65-61-57-53-49-43-35-31-27-23-19-15-11-7-3)77-97-84(89)71-67-63-59-55-51-47-45-41-38-34-30-26-22-18-14-10-6-2/h10-12,14-16,21-28,33-38,40,42-45,47,53-54,57-58,65-66,69-70,81-83,88H,5-9,13,17-20,29-32,39,41,46,48-52,55-56,59-64,67-68,71-80H2,1-4H3,(H,93,94)(H,95,96)/b14-10-,15-11-,16-12-,25-21-,26-22-,27-23-,28-24-,37-33-,38-34-,42-40-,43-35-,44-36-,47-45-,57-53-,58-54-,69-65-,70-66-. The summed E-state index contributed by atoms with van der Waals surface area (Å²) in [6.45, 7) is 4.19. The molecule has 0 saturated carbocycles. The van der Waals surface area contributed by atoms with E-state index in [4.69, 9.17) is 37.0 Å². The second-order valence-electron chi connectivity index (χ2n) is 25.2. The van der Waals surface area contributed by atoms with Gasteiger partial charge in [-0.2, -0.15) is 0 Å². The van der Waals surface area contributed by atoms with Gasteiger partial charge in [0.1, 0.15) is 19.3 Å². The number of aliphatic hydroxyl groups is 1. The number of phosphoric ester groups is 2. The van der Waals surface area contributed by atoms with Crippen molar-refractivity contribution in [1.82, 2.24) is 0 Å². The highest BCUT2D eigenvalue weighted by molar-refractivity contribution is 7.47. The zero-order valence-electron chi connectivity index (χ0n) is 65.0. The van der Waals surface area contributed by atoms with E-state index in [-0.39, 0.29) is 25.7 Å². The summed E-state index contributed by atoms with van der Waals surface area (Å²) in [6.07, 6.45) is 95.9. The number of ether oxygens (including phenoxy) is 4. The molecule has 0 heterocycles. The zero-order valence-corrected chi connectivity index (χ0v) is 66.8. The van der Waals surface area contributed by atoms with Gasteiger partial charge in [0, 0.05) is 12.8 Å². The molecule has 19 heteroatoms. The van der Waals surface area contributed by atoms with Gasteiger partial charge in [0.05, 0.1) is 39.3 Å². The Morgan fingerprint density at radius 2 is 0.519 bits per heavy atom. The normalized spacial score (nSPS) is 15.0. The van der Waals surface area contributed by atoms with Crippen molar-refractivity contribution in [2.45, 2.75) is 277 Å². The van der Waals surface area contributed by atoms with Crippen LogP contribution in [0.1, 0.15) is 259 Å². The Morgan fingerprint density at radius 1 is 0.283 bits per heavy atom. The van der Waals surface area contributed by atoms with Gasteiger partial charge in [-0.05, 0) is 154 Å². The third-order valence-corrected chi connectivity index (χ3v) is 17.2. The monoisotopic (exact) mass is 1510 g/mol. The molecule has 0 aromatic carbocycles. The van der Waals surface area contributed by atoms with Gasteiger partial charge in [0.15, 0.2) is 12.2 Å². The van der Waals surface area contributed by atoms with Crippen LogP contribution in [0.25, 0.3) is 0 Å². The van der Waals surface area contributed by atoms with E-state index in [0.717, 1.165) is 161 Å². The minimum absolute atomic E-state index is 0.103. The highest BCUT2D eigenvalue weighted by Crippen LogP contribution is 2.45. The van der Waals surface area contributed by atoms with E-state index in [0.29, 0.717) is 25.7 Å². The maximum absolute atomic E-state index is 13.1. The minimum atomic E-state index is -5.03. The molecule has 0 aliphatic heterocycles. The first-order chi connectivity index (χ1) is 51.7. The molecule has 106 heavy (non-hydrogen) atoms. The fraction of sp³-hybridized carbons (Fsp3) is 0.563. The van der Waals surface area contributed by atoms with Gasteiger partial charge in [-0.25, -0.2) is 9.13 Å². The quantitative estimate of drug-likeness (QED) is 0.0169. The molecule has 0 fully saturated rings. The van der Waals surface area contributed by atoms with Crippen molar-refractivity contribution in [2.75, 3.05) is 39.6 Å². The first-order valence-electron chi connectivity index (χ1n) is 39.3. The summed E-state index contributed by atoms with van der Waals surface area (Å²) in [6, 6.07) is 0. The van der Waals surface area contributed by atoms with E-state index in [9.17, 15) is 43.2 Å². The molecule has 0 saturated heterocycles. The molecule has 0 spiro atoms. The Hall–Kier alpha value is -6.36. The molecule has 0 aliphatic rings. The number of rotatable bonds is 71. The average molecular weight is 1520 g/mol. The van der Waals surface area contributed by atoms with E-state index in [1.54, 1.807) is 24.3 Å². The molecule has 0 aromatic rings. The number of esters is 4. The molecule has 5 atom stereocenters. The smallest absolute Gasteiger partial charge is 0.462 e. The summed E-state index contributed by atoms with van der Waals surface area (Å²) in [5.74, 6) is -2.54. The topological polar surface area (TPSA) is 237 Å². The first kappa shape index (κ1) is 99.6. The number of allylic oxidation sites excluding steroid dienone is 32. The second-order valence-corrected chi connectivity index (χ2v) is 28.1. The highest BCUT2D eigenvalue weighted by Gasteiger charge is 2.30. The Morgan fingerprint density at radius 3 is 0.802 bits per heavy atom. The summed E-state index contributed by atoms with van der Waals surface area (Å²) in [5, 5.41) is 10.6. The summed E-state index contributed by atoms with van der Waals surface area (Å²) in [7, 11) is -10.1. The Balaban J connectivity index is 5.54. The van der Waals surface area contributed by atoms with Crippen LogP contribution in [0.4, 0.5) is 0 Å². The van der Waals surface area contributed by atoms with Crippen LogP contribution in [0.5, 0.6) is 0 Å². The molecule has 0 rings (SSSR count). The third-order valence-electron chi connectivity index (χ3n) is 15.3. The summed E-state index contributed by atoms with van der Waals surface area (Å²) < 4.78 is 68.3. The predicted molar refractivity (Wildman–Crippen MR) is 435 cm³/mol. The minimum Gasteiger partial charge on any atom is -0.462 e. The Bertz CT molecular complexity index is 2830. The van der Waals surface area contributed by atoms with Gasteiger partial charge in [0.2, 0.25) is 0 Å². The lowest BCUT2D eigenvalue weighted by atomic mass is 10.1. The van der Waals surface area contributed by atoms with Crippen LogP contribution >= 0.6 is 15.6 Å². The van der Waals surface area contributed by atoms with Crippen molar-refractivity contribution in [3.05, 3.63) is 207 Å².